The van der Waals surface area contributed by atoms with Crippen LogP contribution in [0.25, 0.3) is 0 Å². The summed E-state index contributed by atoms with van der Waals surface area (Å²) in [5, 5.41) is 0. The van der Waals surface area contributed by atoms with Crippen LogP contribution in [-0.4, -0.2) is 23.9 Å². The molecule has 0 spiro atoms. The molecule has 1 aliphatic heterocycles. The second-order valence-electron chi connectivity index (χ2n) is 3.99. The maximum absolute atomic E-state index is 12.0. The van der Waals surface area contributed by atoms with Gasteiger partial charge in [-0.05, 0) is 31.9 Å². The first-order valence-corrected chi connectivity index (χ1v) is 6.14. The van der Waals surface area contributed by atoms with Crippen molar-refractivity contribution in [3.8, 4) is 0 Å². The minimum Gasteiger partial charge on any atom is -0.338 e. The Hall–Kier alpha value is -0.870. The van der Waals surface area contributed by atoms with Crippen molar-refractivity contribution in [2.75, 3.05) is 13.1 Å². The normalized spacial score (nSPS) is 18.1. The van der Waals surface area contributed by atoms with E-state index in [9.17, 15) is 4.79 Å². The summed E-state index contributed by atoms with van der Waals surface area (Å²) >= 11 is 1.52. The summed E-state index contributed by atoms with van der Waals surface area (Å²) in [7, 11) is 0. The Kier molecular flexibility index (Phi) is 3.07. The summed E-state index contributed by atoms with van der Waals surface area (Å²) in [6.07, 6.45) is 2.27. The van der Waals surface area contributed by atoms with Crippen LogP contribution in [0, 0.1) is 0 Å². The van der Waals surface area contributed by atoms with Crippen molar-refractivity contribution in [1.29, 1.82) is 0 Å². The molecule has 1 unspecified atom stereocenters. The van der Waals surface area contributed by atoms with Gasteiger partial charge in [0.1, 0.15) is 0 Å². The van der Waals surface area contributed by atoms with E-state index >= 15 is 0 Å². The number of thiophene rings is 1. The lowest BCUT2D eigenvalue weighted by Crippen LogP contribution is -2.26. The number of likely N-dealkylation sites (tertiary alicyclic amines) is 1. The number of nitrogens with zero attached hydrogens (tertiary/aromatic N) is 1. The van der Waals surface area contributed by atoms with Crippen LogP contribution in [0.15, 0.2) is 12.1 Å². The van der Waals surface area contributed by atoms with Crippen molar-refractivity contribution in [1.82, 2.24) is 4.90 Å². The van der Waals surface area contributed by atoms with Gasteiger partial charge in [-0.2, -0.15) is 0 Å². The molecule has 3 nitrogen and oxygen atoms in total. The van der Waals surface area contributed by atoms with E-state index in [0.29, 0.717) is 0 Å². The van der Waals surface area contributed by atoms with E-state index in [1.165, 1.54) is 11.3 Å². The molecule has 82 valence electrons. The van der Waals surface area contributed by atoms with Crippen LogP contribution in [-0.2, 0) is 0 Å². The molecule has 0 radical (unpaired) electrons. The number of carbonyl (C=O) groups excluding carboxylic acids is 1. The minimum atomic E-state index is 0.0233. The van der Waals surface area contributed by atoms with Crippen LogP contribution in [0.4, 0.5) is 0 Å². The quantitative estimate of drug-likeness (QED) is 0.835. The smallest absolute Gasteiger partial charge is 0.263 e. The zero-order chi connectivity index (χ0) is 10.8. The summed E-state index contributed by atoms with van der Waals surface area (Å²) in [6.45, 7) is 3.75. The lowest BCUT2D eigenvalue weighted by atomic mass is 10.3. The van der Waals surface area contributed by atoms with Crippen LogP contribution < -0.4 is 5.73 Å². The van der Waals surface area contributed by atoms with Crippen LogP contribution in [0.2, 0.25) is 0 Å². The zero-order valence-electron chi connectivity index (χ0n) is 8.90. The number of rotatable bonds is 2. The molecule has 2 N–H and O–H groups in total. The Morgan fingerprint density at radius 3 is 2.67 bits per heavy atom. The highest BCUT2D eigenvalue weighted by molar-refractivity contribution is 7.14. The predicted octanol–water partition coefficient (Wildman–Crippen LogP) is 2.00. The first kappa shape index (κ1) is 10.6. The number of hydrogen-bond acceptors (Lipinski definition) is 3. The van der Waals surface area contributed by atoms with Gasteiger partial charge in [0.15, 0.2) is 0 Å². The van der Waals surface area contributed by atoms with Gasteiger partial charge in [0.2, 0.25) is 0 Å². The van der Waals surface area contributed by atoms with Gasteiger partial charge in [-0.3, -0.25) is 4.79 Å². The third-order valence-corrected chi connectivity index (χ3v) is 3.95. The maximum Gasteiger partial charge on any atom is 0.263 e. The second-order valence-corrected chi connectivity index (χ2v) is 5.11. The molecule has 0 aliphatic carbocycles. The SMILES string of the molecule is CC(N)c1ccc(C(=O)N2CCCC2)s1. The molecule has 1 aromatic heterocycles. The molecule has 2 heterocycles. The largest absolute Gasteiger partial charge is 0.338 e. The highest BCUT2D eigenvalue weighted by Gasteiger charge is 2.21. The number of nitrogens with two attached hydrogens (primary N) is 1. The van der Waals surface area contributed by atoms with Crippen molar-refractivity contribution in [3.05, 3.63) is 21.9 Å². The fraction of sp³-hybridized carbons (Fsp3) is 0.545. The molecular formula is C11H16N2OS. The standard InChI is InChI=1S/C11H16N2OS/c1-8(12)9-4-5-10(15-9)11(14)13-6-2-3-7-13/h4-5,8H,2-3,6-7,12H2,1H3. The fourth-order valence-electron chi connectivity index (χ4n) is 1.79. The Bertz CT molecular complexity index is 353. The highest BCUT2D eigenvalue weighted by atomic mass is 32.1. The molecule has 1 amide bonds. The molecular weight excluding hydrogens is 208 g/mol. The average molecular weight is 224 g/mol. The highest BCUT2D eigenvalue weighted by Crippen LogP contribution is 2.24. The van der Waals surface area contributed by atoms with E-state index in [4.69, 9.17) is 5.73 Å². The zero-order valence-corrected chi connectivity index (χ0v) is 9.72. The van der Waals surface area contributed by atoms with Gasteiger partial charge >= 0.3 is 0 Å². The van der Waals surface area contributed by atoms with E-state index in [0.717, 1.165) is 35.7 Å². The second kappa shape index (κ2) is 4.33. The number of carbonyl (C=O) groups is 1. The molecule has 1 aromatic rings. The molecule has 0 saturated carbocycles. The van der Waals surface area contributed by atoms with Crippen molar-refractivity contribution >= 4 is 17.2 Å². The molecule has 1 fully saturated rings. The van der Waals surface area contributed by atoms with E-state index in [2.05, 4.69) is 0 Å². The third kappa shape index (κ3) is 2.21. The third-order valence-electron chi connectivity index (χ3n) is 2.68. The number of amides is 1. The van der Waals surface area contributed by atoms with E-state index in [-0.39, 0.29) is 11.9 Å². The van der Waals surface area contributed by atoms with Gasteiger partial charge in [0, 0.05) is 24.0 Å². The first-order valence-electron chi connectivity index (χ1n) is 5.33. The summed E-state index contributed by atoms with van der Waals surface area (Å²) in [5.41, 5.74) is 5.77. The Morgan fingerprint density at radius 2 is 2.13 bits per heavy atom. The van der Waals surface area contributed by atoms with E-state index in [1.54, 1.807) is 0 Å². The van der Waals surface area contributed by atoms with Crippen LogP contribution in [0.1, 0.15) is 40.4 Å². The first-order chi connectivity index (χ1) is 7.18. The van der Waals surface area contributed by atoms with Crippen LogP contribution in [0.3, 0.4) is 0 Å². The van der Waals surface area contributed by atoms with Gasteiger partial charge < -0.3 is 10.6 Å². The van der Waals surface area contributed by atoms with Gasteiger partial charge in [-0.15, -0.1) is 11.3 Å². The summed E-state index contributed by atoms with van der Waals surface area (Å²) in [5.74, 6) is 0.171. The molecule has 1 aliphatic rings. The average Bonchev–Trinajstić information content (AvgIpc) is 2.88. The monoisotopic (exact) mass is 224 g/mol. The van der Waals surface area contributed by atoms with Crippen molar-refractivity contribution in [2.24, 2.45) is 5.73 Å². The lowest BCUT2D eigenvalue weighted by Gasteiger charge is -2.13. The minimum absolute atomic E-state index is 0.0233. The molecule has 4 heteroatoms. The van der Waals surface area contributed by atoms with Gasteiger partial charge in [0.05, 0.1) is 4.88 Å². The Morgan fingerprint density at radius 1 is 1.47 bits per heavy atom. The van der Waals surface area contributed by atoms with E-state index < -0.39 is 0 Å². The molecule has 15 heavy (non-hydrogen) atoms. The Labute approximate surface area is 93.9 Å². The van der Waals surface area contributed by atoms with Crippen molar-refractivity contribution in [2.45, 2.75) is 25.8 Å². The number of hydrogen-bond donors (Lipinski definition) is 1. The lowest BCUT2D eigenvalue weighted by molar-refractivity contribution is 0.0797. The fourth-order valence-corrected chi connectivity index (χ4v) is 2.72. The summed E-state index contributed by atoms with van der Waals surface area (Å²) in [6, 6.07) is 3.87. The molecule has 0 aromatic carbocycles. The molecule has 1 atom stereocenters. The molecule has 0 bridgehead atoms. The predicted molar refractivity (Wildman–Crippen MR) is 62.1 cm³/mol. The van der Waals surface area contributed by atoms with Gasteiger partial charge in [-0.25, -0.2) is 0 Å². The molecule has 1 saturated heterocycles. The van der Waals surface area contributed by atoms with Crippen molar-refractivity contribution < 1.29 is 4.79 Å². The van der Waals surface area contributed by atoms with Crippen molar-refractivity contribution in [3.63, 3.8) is 0 Å². The summed E-state index contributed by atoms with van der Waals surface area (Å²) < 4.78 is 0. The topological polar surface area (TPSA) is 46.3 Å². The molecule has 2 rings (SSSR count). The van der Waals surface area contributed by atoms with Crippen LogP contribution in [0.5, 0.6) is 0 Å². The maximum atomic E-state index is 12.0. The Balaban J connectivity index is 2.11. The van der Waals surface area contributed by atoms with Gasteiger partial charge in [0.25, 0.3) is 5.91 Å². The summed E-state index contributed by atoms with van der Waals surface area (Å²) in [4.78, 5) is 15.8. The van der Waals surface area contributed by atoms with Crippen LogP contribution >= 0.6 is 11.3 Å². The van der Waals surface area contributed by atoms with Gasteiger partial charge in [-0.1, -0.05) is 0 Å². The van der Waals surface area contributed by atoms with E-state index in [1.807, 2.05) is 24.0 Å².